The van der Waals surface area contributed by atoms with Crippen LogP contribution in [-0.2, 0) is 0 Å². The Kier molecular flexibility index (Phi) is 6.66. The van der Waals surface area contributed by atoms with Crippen LogP contribution in [0.1, 0.15) is 0 Å². The van der Waals surface area contributed by atoms with Crippen LogP contribution in [0.15, 0.2) is 199 Å². The second kappa shape index (κ2) is 12.2. The molecule has 0 spiro atoms. The normalized spacial score (nSPS) is 12.1. The van der Waals surface area contributed by atoms with Crippen molar-refractivity contribution in [2.45, 2.75) is 0 Å². The summed E-state index contributed by atoms with van der Waals surface area (Å²) in [5, 5.41) is 10.3. The minimum atomic E-state index is 0.696. The van der Waals surface area contributed by atoms with Crippen molar-refractivity contribution >= 4 is 87.2 Å². The van der Waals surface area contributed by atoms with Crippen LogP contribution in [0, 0.1) is 0 Å². The first-order valence-electron chi connectivity index (χ1n) is 20.0. The smallest absolute Gasteiger partial charge is 0.160 e. The maximum absolute atomic E-state index is 6.87. The Hall–Kier alpha value is -8.02. The predicted octanol–water partition coefficient (Wildman–Crippen LogP) is 14.2. The zero-order valence-corrected chi connectivity index (χ0v) is 31.7. The maximum atomic E-state index is 6.87. The molecule has 274 valence electrons. The van der Waals surface area contributed by atoms with Crippen molar-refractivity contribution in [1.82, 2.24) is 19.1 Å². The quantitative estimate of drug-likeness (QED) is 0.180. The summed E-state index contributed by atoms with van der Waals surface area (Å²) < 4.78 is 11.7. The van der Waals surface area contributed by atoms with E-state index in [0.717, 1.165) is 93.9 Å². The predicted molar refractivity (Wildman–Crippen MR) is 244 cm³/mol. The number of rotatable bonds is 4. The first kappa shape index (κ1) is 32.1. The number of aromatic nitrogens is 4. The van der Waals surface area contributed by atoms with E-state index in [1.165, 1.54) is 21.5 Å². The highest BCUT2D eigenvalue weighted by Gasteiger charge is 2.24. The number of furan rings is 1. The molecule has 5 heteroatoms. The molecule has 4 aromatic heterocycles. The summed E-state index contributed by atoms with van der Waals surface area (Å²) in [5.41, 5.74) is 12.3. The van der Waals surface area contributed by atoms with Gasteiger partial charge in [-0.15, -0.1) is 0 Å². The van der Waals surface area contributed by atoms with Crippen LogP contribution in [0.2, 0.25) is 0 Å². The Bertz CT molecular complexity index is 3830. The van der Waals surface area contributed by atoms with Gasteiger partial charge in [-0.2, -0.15) is 0 Å². The van der Waals surface area contributed by atoms with Crippen LogP contribution in [0.25, 0.3) is 121 Å². The first-order chi connectivity index (χ1) is 29.3. The lowest BCUT2D eigenvalue weighted by molar-refractivity contribution is 0.673. The summed E-state index contributed by atoms with van der Waals surface area (Å²) >= 11 is 0. The Morgan fingerprint density at radius 1 is 0.390 bits per heavy atom. The molecule has 0 aliphatic rings. The lowest BCUT2D eigenvalue weighted by Gasteiger charge is -2.12. The second-order valence-corrected chi connectivity index (χ2v) is 15.3. The molecule has 0 fully saturated rings. The van der Waals surface area contributed by atoms with E-state index in [9.17, 15) is 0 Å². The van der Waals surface area contributed by atoms with E-state index in [2.05, 4.69) is 179 Å². The molecule has 0 saturated carbocycles. The van der Waals surface area contributed by atoms with Gasteiger partial charge in [0, 0.05) is 54.8 Å². The molecule has 9 aromatic carbocycles. The average molecular weight is 753 g/mol. The standard InChI is InChI=1S/C54H32N4O/c1-2-13-34(14-3-1)51-43-18-6-9-19-44(43)55-54(56-51)35-23-25-37(26-24-35)57-46-30-28-41-39-16-7-10-20-45(39)58(38-27-22-33-12-4-5-15-36(33)32-38)52(41)49(46)50-47(57)31-29-42-40-17-8-11-21-48(40)59-53(42)50/h1-32H. The van der Waals surface area contributed by atoms with Gasteiger partial charge < -0.3 is 13.6 Å². The van der Waals surface area contributed by atoms with E-state index >= 15 is 0 Å². The fraction of sp³-hybridized carbons (Fsp3) is 0. The van der Waals surface area contributed by atoms with Crippen molar-refractivity contribution in [3.8, 4) is 34.0 Å². The average Bonchev–Trinajstić information content (AvgIpc) is 3.96. The number of hydrogen-bond acceptors (Lipinski definition) is 3. The van der Waals surface area contributed by atoms with Crippen LogP contribution in [-0.4, -0.2) is 19.1 Å². The third-order valence-electron chi connectivity index (χ3n) is 12.1. The minimum Gasteiger partial charge on any atom is -0.455 e. The molecule has 0 radical (unpaired) electrons. The fourth-order valence-electron chi connectivity index (χ4n) is 9.46. The van der Waals surface area contributed by atoms with Gasteiger partial charge in [0.25, 0.3) is 0 Å². The molecule has 0 aliphatic carbocycles. The molecule has 5 nitrogen and oxygen atoms in total. The molecule has 0 aliphatic heterocycles. The topological polar surface area (TPSA) is 48.8 Å². The van der Waals surface area contributed by atoms with Gasteiger partial charge in [0.05, 0.1) is 38.7 Å². The lowest BCUT2D eigenvalue weighted by atomic mass is 10.0. The fourth-order valence-corrected chi connectivity index (χ4v) is 9.46. The number of benzene rings is 9. The van der Waals surface area contributed by atoms with E-state index < -0.39 is 0 Å². The molecule has 0 amide bonds. The van der Waals surface area contributed by atoms with E-state index in [4.69, 9.17) is 14.4 Å². The Balaban J connectivity index is 1.10. The molecule has 0 bridgehead atoms. The van der Waals surface area contributed by atoms with Gasteiger partial charge in [-0.3, -0.25) is 0 Å². The maximum Gasteiger partial charge on any atom is 0.160 e. The number of nitrogens with zero attached hydrogens (tertiary/aromatic N) is 4. The van der Waals surface area contributed by atoms with E-state index in [1.807, 2.05) is 24.3 Å². The summed E-state index contributed by atoms with van der Waals surface area (Å²) in [6.07, 6.45) is 0. The van der Waals surface area contributed by atoms with Gasteiger partial charge in [0.15, 0.2) is 5.82 Å². The van der Waals surface area contributed by atoms with Crippen LogP contribution < -0.4 is 0 Å². The highest BCUT2D eigenvalue weighted by atomic mass is 16.3. The van der Waals surface area contributed by atoms with Gasteiger partial charge >= 0.3 is 0 Å². The second-order valence-electron chi connectivity index (χ2n) is 15.3. The highest BCUT2D eigenvalue weighted by Crippen LogP contribution is 2.46. The van der Waals surface area contributed by atoms with Crippen molar-refractivity contribution in [1.29, 1.82) is 0 Å². The SMILES string of the molecule is c1ccc(-c2nc(-c3ccc(-n4c5ccc6c7ccccc7oc6c5c5c4ccc4c6ccccc6n(-c6ccc7ccccc7c6)c45)cc3)nc3ccccc23)cc1. The Morgan fingerprint density at radius 3 is 1.93 bits per heavy atom. The molecular formula is C54H32N4O. The van der Waals surface area contributed by atoms with Crippen molar-refractivity contribution in [3.05, 3.63) is 194 Å². The van der Waals surface area contributed by atoms with E-state index in [1.54, 1.807) is 0 Å². The lowest BCUT2D eigenvalue weighted by Crippen LogP contribution is -1.97. The van der Waals surface area contributed by atoms with Gasteiger partial charge in [-0.1, -0.05) is 121 Å². The summed E-state index contributed by atoms with van der Waals surface area (Å²) in [6.45, 7) is 0. The summed E-state index contributed by atoms with van der Waals surface area (Å²) in [6, 6.07) is 68.9. The van der Waals surface area contributed by atoms with Crippen LogP contribution in [0.5, 0.6) is 0 Å². The van der Waals surface area contributed by atoms with Gasteiger partial charge in [-0.05, 0) is 83.6 Å². The van der Waals surface area contributed by atoms with Crippen molar-refractivity contribution in [3.63, 3.8) is 0 Å². The highest BCUT2D eigenvalue weighted by molar-refractivity contribution is 6.32. The molecule has 13 aromatic rings. The number of hydrogen-bond donors (Lipinski definition) is 0. The van der Waals surface area contributed by atoms with Crippen LogP contribution >= 0.6 is 0 Å². The van der Waals surface area contributed by atoms with E-state index in [0.29, 0.717) is 5.82 Å². The number of para-hydroxylation sites is 3. The Morgan fingerprint density at radius 2 is 1.07 bits per heavy atom. The molecule has 0 unspecified atom stereocenters. The molecule has 4 heterocycles. The zero-order chi connectivity index (χ0) is 38.6. The van der Waals surface area contributed by atoms with Gasteiger partial charge in [-0.25, -0.2) is 9.97 Å². The molecular weight excluding hydrogens is 721 g/mol. The Labute approximate surface area is 337 Å². The van der Waals surface area contributed by atoms with Crippen LogP contribution in [0.3, 0.4) is 0 Å². The van der Waals surface area contributed by atoms with Gasteiger partial charge in [0.2, 0.25) is 0 Å². The van der Waals surface area contributed by atoms with Crippen LogP contribution in [0.4, 0.5) is 0 Å². The van der Waals surface area contributed by atoms with Gasteiger partial charge in [0.1, 0.15) is 11.2 Å². The summed E-state index contributed by atoms with van der Waals surface area (Å²) in [5.74, 6) is 0.696. The third kappa shape index (κ3) is 4.67. The third-order valence-corrected chi connectivity index (χ3v) is 12.1. The van der Waals surface area contributed by atoms with E-state index in [-0.39, 0.29) is 0 Å². The minimum absolute atomic E-state index is 0.696. The van der Waals surface area contributed by atoms with Crippen molar-refractivity contribution in [2.24, 2.45) is 0 Å². The summed E-state index contributed by atoms with van der Waals surface area (Å²) in [7, 11) is 0. The van der Waals surface area contributed by atoms with Crippen molar-refractivity contribution in [2.75, 3.05) is 0 Å². The number of fused-ring (bicyclic) bond motifs is 13. The monoisotopic (exact) mass is 752 g/mol. The first-order valence-corrected chi connectivity index (χ1v) is 20.0. The molecule has 0 saturated heterocycles. The molecule has 0 atom stereocenters. The molecule has 59 heavy (non-hydrogen) atoms. The summed E-state index contributed by atoms with van der Waals surface area (Å²) in [4.78, 5) is 10.2. The van der Waals surface area contributed by atoms with Crippen molar-refractivity contribution < 1.29 is 4.42 Å². The largest absolute Gasteiger partial charge is 0.455 e. The molecule has 13 rings (SSSR count). The molecule has 0 N–H and O–H groups in total. The zero-order valence-electron chi connectivity index (χ0n) is 31.7.